The lowest BCUT2D eigenvalue weighted by molar-refractivity contribution is 0.458. The maximum atomic E-state index is 13.0. The molecule has 3 aromatic rings. The molecule has 0 unspecified atom stereocenters. The van der Waals surface area contributed by atoms with Gasteiger partial charge in [0.05, 0.1) is 5.02 Å². The minimum Gasteiger partial charge on any atom is -0.436 e. The van der Waals surface area contributed by atoms with Crippen LogP contribution in [0.15, 0.2) is 42.6 Å². The van der Waals surface area contributed by atoms with E-state index >= 15 is 0 Å². The molecule has 2 N–H and O–H groups in total. The van der Waals surface area contributed by atoms with E-state index in [-0.39, 0.29) is 11.6 Å². The topological polar surface area (TPSA) is 52.5 Å². The van der Waals surface area contributed by atoms with Gasteiger partial charge in [-0.1, -0.05) is 17.7 Å². The van der Waals surface area contributed by atoms with Crippen molar-refractivity contribution in [2.75, 3.05) is 0 Å². The molecule has 2 heterocycles. The average molecular weight is 292 g/mol. The van der Waals surface area contributed by atoms with Crippen molar-refractivity contribution < 1.29 is 9.13 Å². The SMILES string of the molecule is NCc1c(Oc2ccc(F)cc2Cl)nc2ccccn12. The van der Waals surface area contributed by atoms with Crippen molar-refractivity contribution in [2.24, 2.45) is 5.73 Å². The molecule has 0 bridgehead atoms. The molecule has 6 heteroatoms. The lowest BCUT2D eigenvalue weighted by Gasteiger charge is -2.06. The second-order valence-corrected chi connectivity index (χ2v) is 4.58. The highest BCUT2D eigenvalue weighted by Gasteiger charge is 2.14. The Kier molecular flexibility index (Phi) is 3.30. The van der Waals surface area contributed by atoms with Crippen LogP contribution in [-0.2, 0) is 6.54 Å². The number of benzene rings is 1. The Morgan fingerprint density at radius 1 is 1.30 bits per heavy atom. The quantitative estimate of drug-likeness (QED) is 0.805. The summed E-state index contributed by atoms with van der Waals surface area (Å²) in [4.78, 5) is 4.35. The number of halogens is 2. The summed E-state index contributed by atoms with van der Waals surface area (Å²) in [6.45, 7) is 0.263. The van der Waals surface area contributed by atoms with E-state index in [4.69, 9.17) is 22.1 Å². The first-order valence-electron chi connectivity index (χ1n) is 5.98. The lowest BCUT2D eigenvalue weighted by atomic mass is 10.3. The summed E-state index contributed by atoms with van der Waals surface area (Å²) in [6, 6.07) is 9.52. The Balaban J connectivity index is 2.06. The molecular weight excluding hydrogens is 281 g/mol. The summed E-state index contributed by atoms with van der Waals surface area (Å²) < 4.78 is 20.5. The monoisotopic (exact) mass is 291 g/mol. The number of fused-ring (bicyclic) bond motifs is 1. The van der Waals surface area contributed by atoms with E-state index < -0.39 is 5.82 Å². The van der Waals surface area contributed by atoms with Crippen LogP contribution in [-0.4, -0.2) is 9.38 Å². The molecule has 0 amide bonds. The zero-order valence-corrected chi connectivity index (χ0v) is 11.1. The van der Waals surface area contributed by atoms with Gasteiger partial charge in [-0.25, -0.2) is 4.39 Å². The Bertz CT molecular complexity index is 772. The van der Waals surface area contributed by atoms with Crippen LogP contribution in [0.5, 0.6) is 11.6 Å². The Hall–Kier alpha value is -2.11. The first-order chi connectivity index (χ1) is 9.69. The van der Waals surface area contributed by atoms with Crippen LogP contribution in [0.2, 0.25) is 5.02 Å². The standard InChI is InChI=1S/C14H11ClFN3O/c15-10-7-9(16)4-5-12(10)20-14-11(8-17)19-6-2-1-3-13(19)18-14/h1-7H,8,17H2. The molecule has 0 radical (unpaired) electrons. The second-order valence-electron chi connectivity index (χ2n) is 4.17. The summed E-state index contributed by atoms with van der Waals surface area (Å²) in [6.07, 6.45) is 1.85. The van der Waals surface area contributed by atoms with Gasteiger partial charge in [0.1, 0.15) is 22.9 Å². The van der Waals surface area contributed by atoms with Gasteiger partial charge in [0.15, 0.2) is 0 Å². The molecule has 4 nitrogen and oxygen atoms in total. The second kappa shape index (κ2) is 5.11. The third-order valence-corrected chi connectivity index (χ3v) is 3.18. The first kappa shape index (κ1) is 12.9. The minimum atomic E-state index is -0.420. The molecule has 0 saturated heterocycles. The van der Waals surface area contributed by atoms with Crippen molar-refractivity contribution in [3.05, 3.63) is 59.1 Å². The largest absolute Gasteiger partial charge is 0.436 e. The predicted molar refractivity (Wildman–Crippen MR) is 74.6 cm³/mol. The highest BCUT2D eigenvalue weighted by atomic mass is 35.5. The van der Waals surface area contributed by atoms with Crippen LogP contribution in [0.4, 0.5) is 4.39 Å². The first-order valence-corrected chi connectivity index (χ1v) is 6.36. The molecule has 0 fully saturated rings. The summed E-state index contributed by atoms with van der Waals surface area (Å²) in [7, 11) is 0. The van der Waals surface area contributed by atoms with Gasteiger partial charge in [-0.3, -0.25) is 4.40 Å². The van der Waals surface area contributed by atoms with Gasteiger partial charge in [0.25, 0.3) is 0 Å². The summed E-state index contributed by atoms with van der Waals surface area (Å²) >= 11 is 5.94. The van der Waals surface area contributed by atoms with E-state index in [9.17, 15) is 4.39 Å². The highest BCUT2D eigenvalue weighted by Crippen LogP contribution is 2.31. The molecule has 102 valence electrons. The smallest absolute Gasteiger partial charge is 0.242 e. The number of hydrogen-bond donors (Lipinski definition) is 1. The van der Waals surface area contributed by atoms with Crippen molar-refractivity contribution >= 4 is 17.2 Å². The van der Waals surface area contributed by atoms with Gasteiger partial charge < -0.3 is 10.5 Å². The summed E-state index contributed by atoms with van der Waals surface area (Å²) in [5.74, 6) is 0.287. The number of imidazole rings is 1. The molecule has 0 spiro atoms. The highest BCUT2D eigenvalue weighted by molar-refractivity contribution is 6.32. The van der Waals surface area contributed by atoms with Crippen LogP contribution in [0.3, 0.4) is 0 Å². The molecule has 0 aliphatic heterocycles. The minimum absolute atomic E-state index is 0.185. The van der Waals surface area contributed by atoms with E-state index in [0.717, 1.165) is 11.3 Å². The Labute approximate surface area is 119 Å². The van der Waals surface area contributed by atoms with Crippen LogP contribution >= 0.6 is 11.6 Å². The number of hydrogen-bond acceptors (Lipinski definition) is 3. The van der Waals surface area contributed by atoms with Gasteiger partial charge >= 0.3 is 0 Å². The fraction of sp³-hybridized carbons (Fsp3) is 0.0714. The molecule has 0 aliphatic carbocycles. The van der Waals surface area contributed by atoms with Gasteiger partial charge in [-0.2, -0.15) is 4.98 Å². The zero-order chi connectivity index (χ0) is 14.1. The van der Waals surface area contributed by atoms with E-state index in [1.165, 1.54) is 18.2 Å². The number of aromatic nitrogens is 2. The molecule has 0 saturated carbocycles. The average Bonchev–Trinajstić information content (AvgIpc) is 2.79. The third kappa shape index (κ3) is 2.21. The van der Waals surface area contributed by atoms with E-state index in [1.807, 2.05) is 28.8 Å². The summed E-state index contributed by atoms with van der Waals surface area (Å²) in [5.41, 5.74) is 7.19. The fourth-order valence-corrected chi connectivity index (χ4v) is 2.16. The van der Waals surface area contributed by atoms with Gasteiger partial charge in [0.2, 0.25) is 5.88 Å². The molecule has 20 heavy (non-hydrogen) atoms. The number of rotatable bonds is 3. The molecule has 1 aromatic carbocycles. The van der Waals surface area contributed by atoms with Crippen molar-refractivity contribution in [3.63, 3.8) is 0 Å². The van der Waals surface area contributed by atoms with E-state index in [1.54, 1.807) is 0 Å². The van der Waals surface area contributed by atoms with Crippen LogP contribution in [0, 0.1) is 5.82 Å². The van der Waals surface area contributed by atoms with Crippen molar-refractivity contribution in [1.82, 2.24) is 9.38 Å². The van der Waals surface area contributed by atoms with Crippen LogP contribution < -0.4 is 10.5 Å². The van der Waals surface area contributed by atoms with Crippen LogP contribution in [0.1, 0.15) is 5.69 Å². The maximum absolute atomic E-state index is 13.0. The number of pyridine rings is 1. The van der Waals surface area contributed by atoms with Crippen LogP contribution in [0.25, 0.3) is 5.65 Å². The molecule has 2 aromatic heterocycles. The number of nitrogens with zero attached hydrogens (tertiary/aromatic N) is 2. The van der Waals surface area contributed by atoms with Gasteiger partial charge in [-0.15, -0.1) is 0 Å². The predicted octanol–water partition coefficient (Wildman–Crippen LogP) is 3.38. The van der Waals surface area contributed by atoms with Gasteiger partial charge in [0, 0.05) is 12.7 Å². The normalized spacial score (nSPS) is 10.9. The maximum Gasteiger partial charge on any atom is 0.242 e. The fourth-order valence-electron chi connectivity index (χ4n) is 1.95. The van der Waals surface area contributed by atoms with Gasteiger partial charge in [-0.05, 0) is 30.3 Å². The summed E-state index contributed by atoms with van der Waals surface area (Å²) in [5, 5.41) is 0.185. The third-order valence-electron chi connectivity index (χ3n) is 2.89. The number of ether oxygens (including phenoxy) is 1. The Morgan fingerprint density at radius 3 is 2.90 bits per heavy atom. The van der Waals surface area contributed by atoms with Crippen molar-refractivity contribution in [2.45, 2.75) is 6.54 Å². The van der Waals surface area contributed by atoms with E-state index in [2.05, 4.69) is 4.98 Å². The van der Waals surface area contributed by atoms with E-state index in [0.29, 0.717) is 11.6 Å². The Morgan fingerprint density at radius 2 is 2.15 bits per heavy atom. The molecule has 3 rings (SSSR count). The zero-order valence-electron chi connectivity index (χ0n) is 10.4. The lowest BCUT2D eigenvalue weighted by Crippen LogP contribution is -2.02. The molecular formula is C14H11ClFN3O. The van der Waals surface area contributed by atoms with Crippen molar-refractivity contribution in [3.8, 4) is 11.6 Å². The molecule has 0 atom stereocenters. The molecule has 0 aliphatic rings. The van der Waals surface area contributed by atoms with Crippen molar-refractivity contribution in [1.29, 1.82) is 0 Å². The number of nitrogens with two attached hydrogens (primary N) is 1.